The third-order valence-electron chi connectivity index (χ3n) is 5.66. The molecule has 158 valence electrons. The van der Waals surface area contributed by atoms with Gasteiger partial charge in [0.25, 0.3) is 5.91 Å². The number of imide groups is 1. The summed E-state index contributed by atoms with van der Waals surface area (Å²) in [5, 5.41) is 2.88. The zero-order valence-electron chi connectivity index (χ0n) is 17.7. The number of benzene rings is 2. The number of hydrogen-bond donors (Lipinski definition) is 2. The number of fused-ring (bicyclic) bond motifs is 1. The molecule has 2 N–H and O–H groups in total. The maximum absolute atomic E-state index is 12.5. The van der Waals surface area contributed by atoms with E-state index in [1.807, 2.05) is 18.2 Å². The van der Waals surface area contributed by atoms with Crippen LogP contribution < -0.4 is 10.2 Å². The molecule has 0 saturated heterocycles. The lowest BCUT2D eigenvalue weighted by Crippen LogP contribution is -3.10. The molecule has 0 unspecified atom stereocenters. The summed E-state index contributed by atoms with van der Waals surface area (Å²) >= 11 is 0. The van der Waals surface area contributed by atoms with E-state index in [1.165, 1.54) is 15.4 Å². The Morgan fingerprint density at radius 3 is 2.37 bits per heavy atom. The minimum Gasteiger partial charge on any atom is -0.352 e. The van der Waals surface area contributed by atoms with Gasteiger partial charge in [0.1, 0.15) is 6.54 Å². The Hall–Kier alpha value is -2.99. The molecule has 0 aromatic heterocycles. The number of nitrogens with one attached hydrogen (secondary N) is 2. The summed E-state index contributed by atoms with van der Waals surface area (Å²) in [6.45, 7) is 8.11. The first-order chi connectivity index (χ1) is 14.5. The van der Waals surface area contributed by atoms with Crippen molar-refractivity contribution in [2.75, 3.05) is 19.6 Å². The molecule has 0 fully saturated rings. The molecule has 2 aromatic carbocycles. The smallest absolute Gasteiger partial charge is 0.260 e. The molecule has 30 heavy (non-hydrogen) atoms. The molecule has 0 bridgehead atoms. The maximum Gasteiger partial charge on any atom is 0.260 e. The Labute approximate surface area is 177 Å². The minimum absolute atomic E-state index is 0.100. The lowest BCUT2D eigenvalue weighted by molar-refractivity contribution is -0.910. The molecule has 0 aliphatic carbocycles. The highest BCUT2D eigenvalue weighted by molar-refractivity contribution is 6.09. The van der Waals surface area contributed by atoms with Gasteiger partial charge >= 0.3 is 0 Å². The van der Waals surface area contributed by atoms with Crippen LogP contribution in [-0.4, -0.2) is 42.3 Å². The highest BCUT2D eigenvalue weighted by atomic mass is 16.2. The molecule has 1 aliphatic heterocycles. The van der Waals surface area contributed by atoms with E-state index in [4.69, 9.17) is 0 Å². The van der Waals surface area contributed by atoms with Crippen molar-refractivity contribution in [2.45, 2.75) is 39.8 Å². The summed E-state index contributed by atoms with van der Waals surface area (Å²) in [5.41, 5.74) is 3.61. The first-order valence-electron chi connectivity index (χ1n) is 10.6. The number of quaternary nitrogens is 1. The molecule has 0 radical (unpaired) electrons. The van der Waals surface area contributed by atoms with Crippen LogP contribution in [0.3, 0.4) is 0 Å². The van der Waals surface area contributed by atoms with E-state index in [0.29, 0.717) is 12.1 Å². The first kappa shape index (κ1) is 21.7. The van der Waals surface area contributed by atoms with Crippen LogP contribution >= 0.6 is 0 Å². The third kappa shape index (κ3) is 5.33. The summed E-state index contributed by atoms with van der Waals surface area (Å²) < 4.78 is 0. The molecule has 6 nitrogen and oxygen atoms in total. The average molecular weight is 409 g/mol. The second-order valence-electron chi connectivity index (χ2n) is 7.66. The van der Waals surface area contributed by atoms with E-state index < -0.39 is 0 Å². The Morgan fingerprint density at radius 2 is 1.67 bits per heavy atom. The van der Waals surface area contributed by atoms with Gasteiger partial charge in [-0.3, -0.25) is 19.3 Å². The standard InChI is InChI=1S/C24H29N3O3/c1-3-26(4-2)17-19-11-9-18(10-12-19)16-25-22(28)13-14-27-23(29)15-20-7-5-6-8-21(20)24(27)30/h5-12H,3-4,13-17H2,1-2H3,(H,25,28)/p+1. The molecule has 3 amide bonds. The van der Waals surface area contributed by atoms with Gasteiger partial charge in [0, 0.05) is 30.6 Å². The molecule has 1 aliphatic rings. The Balaban J connectivity index is 1.47. The Morgan fingerprint density at radius 1 is 1.00 bits per heavy atom. The number of carbonyl (C=O) groups excluding carboxylic acids is 3. The predicted octanol–water partition coefficient (Wildman–Crippen LogP) is 1.34. The summed E-state index contributed by atoms with van der Waals surface area (Å²) in [6.07, 6.45) is 0.300. The molecular formula is C24H30N3O3+. The molecule has 2 aromatic rings. The number of nitrogens with zero attached hydrogens (tertiary/aromatic N) is 1. The van der Waals surface area contributed by atoms with Crippen LogP contribution in [0.2, 0.25) is 0 Å². The highest BCUT2D eigenvalue weighted by Gasteiger charge is 2.30. The van der Waals surface area contributed by atoms with Crippen LogP contribution in [0.5, 0.6) is 0 Å². The fraction of sp³-hybridized carbons (Fsp3) is 0.375. The SMILES string of the molecule is CC[NH+](CC)Cc1ccc(CNC(=O)CCN2C(=O)Cc3ccccc3C2=O)cc1. The number of amides is 3. The molecule has 0 saturated carbocycles. The van der Waals surface area contributed by atoms with Crippen molar-refractivity contribution in [1.29, 1.82) is 0 Å². The van der Waals surface area contributed by atoms with Gasteiger partial charge in [-0.1, -0.05) is 42.5 Å². The fourth-order valence-electron chi connectivity index (χ4n) is 3.69. The molecule has 6 heteroatoms. The van der Waals surface area contributed by atoms with Gasteiger partial charge in [0.2, 0.25) is 11.8 Å². The van der Waals surface area contributed by atoms with E-state index in [0.717, 1.165) is 30.8 Å². The molecule has 1 heterocycles. The molecular weight excluding hydrogens is 378 g/mol. The van der Waals surface area contributed by atoms with Crippen LogP contribution in [0.25, 0.3) is 0 Å². The third-order valence-corrected chi connectivity index (χ3v) is 5.66. The van der Waals surface area contributed by atoms with Gasteiger partial charge in [0.05, 0.1) is 19.5 Å². The van der Waals surface area contributed by atoms with Crippen molar-refractivity contribution in [1.82, 2.24) is 10.2 Å². The zero-order chi connectivity index (χ0) is 21.5. The van der Waals surface area contributed by atoms with Crippen molar-refractivity contribution in [3.05, 3.63) is 70.8 Å². The van der Waals surface area contributed by atoms with Crippen molar-refractivity contribution in [2.24, 2.45) is 0 Å². The lowest BCUT2D eigenvalue weighted by Gasteiger charge is -2.26. The Kier molecular flexibility index (Phi) is 7.36. The quantitative estimate of drug-likeness (QED) is 0.615. The van der Waals surface area contributed by atoms with E-state index in [9.17, 15) is 14.4 Å². The first-order valence-corrected chi connectivity index (χ1v) is 10.6. The van der Waals surface area contributed by atoms with E-state index in [-0.39, 0.29) is 37.1 Å². The van der Waals surface area contributed by atoms with Gasteiger partial charge in [-0.15, -0.1) is 0 Å². The van der Waals surface area contributed by atoms with Crippen molar-refractivity contribution in [3.8, 4) is 0 Å². The van der Waals surface area contributed by atoms with Crippen LogP contribution in [0.15, 0.2) is 48.5 Å². The second-order valence-corrected chi connectivity index (χ2v) is 7.66. The lowest BCUT2D eigenvalue weighted by atomic mass is 9.98. The summed E-state index contributed by atoms with van der Waals surface area (Å²) in [6, 6.07) is 15.4. The highest BCUT2D eigenvalue weighted by Crippen LogP contribution is 2.19. The molecule has 0 atom stereocenters. The van der Waals surface area contributed by atoms with E-state index in [1.54, 1.807) is 18.2 Å². The summed E-state index contributed by atoms with van der Waals surface area (Å²) in [5.74, 6) is -0.746. The summed E-state index contributed by atoms with van der Waals surface area (Å²) in [4.78, 5) is 39.8. The number of hydrogen-bond acceptors (Lipinski definition) is 3. The van der Waals surface area contributed by atoms with Gasteiger partial charge in [0.15, 0.2) is 0 Å². The normalized spacial score (nSPS) is 13.5. The average Bonchev–Trinajstić information content (AvgIpc) is 2.76. The van der Waals surface area contributed by atoms with Crippen LogP contribution in [0, 0.1) is 0 Å². The van der Waals surface area contributed by atoms with Gasteiger partial charge < -0.3 is 10.2 Å². The maximum atomic E-state index is 12.5. The van der Waals surface area contributed by atoms with Crippen LogP contribution in [0.4, 0.5) is 0 Å². The van der Waals surface area contributed by atoms with E-state index in [2.05, 4.69) is 31.3 Å². The van der Waals surface area contributed by atoms with E-state index >= 15 is 0 Å². The fourth-order valence-corrected chi connectivity index (χ4v) is 3.69. The topological polar surface area (TPSA) is 70.9 Å². The largest absolute Gasteiger partial charge is 0.352 e. The van der Waals surface area contributed by atoms with Gasteiger partial charge in [-0.05, 0) is 31.0 Å². The minimum atomic E-state index is -0.319. The summed E-state index contributed by atoms with van der Waals surface area (Å²) in [7, 11) is 0. The van der Waals surface area contributed by atoms with Crippen LogP contribution in [0.1, 0.15) is 47.3 Å². The number of rotatable bonds is 9. The molecule has 0 spiro atoms. The van der Waals surface area contributed by atoms with Gasteiger partial charge in [-0.2, -0.15) is 0 Å². The second kappa shape index (κ2) is 10.2. The number of carbonyl (C=O) groups is 3. The van der Waals surface area contributed by atoms with Crippen molar-refractivity contribution < 1.29 is 19.3 Å². The van der Waals surface area contributed by atoms with Crippen LogP contribution in [-0.2, 0) is 29.1 Å². The zero-order valence-corrected chi connectivity index (χ0v) is 17.7. The monoisotopic (exact) mass is 408 g/mol. The van der Waals surface area contributed by atoms with Crippen molar-refractivity contribution in [3.63, 3.8) is 0 Å². The molecule has 3 rings (SSSR count). The van der Waals surface area contributed by atoms with Gasteiger partial charge in [-0.25, -0.2) is 0 Å². The van der Waals surface area contributed by atoms with Crippen molar-refractivity contribution >= 4 is 17.7 Å². The Bertz CT molecular complexity index is 904. The predicted molar refractivity (Wildman–Crippen MR) is 115 cm³/mol.